The van der Waals surface area contributed by atoms with Crippen molar-refractivity contribution >= 4 is 11.8 Å². The third-order valence-corrected chi connectivity index (χ3v) is 7.31. The summed E-state index contributed by atoms with van der Waals surface area (Å²) in [7, 11) is 0. The van der Waals surface area contributed by atoms with Crippen LogP contribution in [-0.4, -0.2) is 35.4 Å². The van der Waals surface area contributed by atoms with E-state index in [2.05, 4.69) is 19.2 Å². The van der Waals surface area contributed by atoms with E-state index in [0.29, 0.717) is 18.7 Å². The van der Waals surface area contributed by atoms with Gasteiger partial charge in [0.15, 0.2) is 6.61 Å². The standard InChI is InChI=1S/C33H40N2O3/c1-25(2)29-20-12-13-21-31(29)38-24-32(36)35(23-27-16-8-4-9-17-27)30(22-26-14-6-3-7-15-26)33(37)34-28-18-10-5-11-19-28/h3-4,6-9,12-17,20-21,25,28,30H,5,10-11,18-19,22-24H2,1-2H3,(H,34,37). The first-order valence-corrected chi connectivity index (χ1v) is 13.9. The Labute approximate surface area is 227 Å². The number of carbonyl (C=O) groups excluding carboxylic acids is 2. The number of para-hydroxylation sites is 1. The monoisotopic (exact) mass is 512 g/mol. The number of rotatable bonds is 11. The van der Waals surface area contributed by atoms with Gasteiger partial charge in [-0.05, 0) is 41.5 Å². The van der Waals surface area contributed by atoms with Crippen LogP contribution in [-0.2, 0) is 22.6 Å². The summed E-state index contributed by atoms with van der Waals surface area (Å²) in [5.74, 6) is 0.690. The van der Waals surface area contributed by atoms with Crippen LogP contribution in [0.5, 0.6) is 5.75 Å². The van der Waals surface area contributed by atoms with Crippen LogP contribution in [0.4, 0.5) is 0 Å². The van der Waals surface area contributed by atoms with Crippen molar-refractivity contribution in [1.82, 2.24) is 10.2 Å². The maximum Gasteiger partial charge on any atom is 0.261 e. The van der Waals surface area contributed by atoms with Crippen molar-refractivity contribution in [3.63, 3.8) is 0 Å². The van der Waals surface area contributed by atoms with E-state index in [1.807, 2.05) is 84.9 Å². The fraction of sp³-hybridized carbons (Fsp3) is 0.394. The maximum atomic E-state index is 13.9. The lowest BCUT2D eigenvalue weighted by molar-refractivity contribution is -0.143. The fourth-order valence-corrected chi connectivity index (χ4v) is 5.19. The lowest BCUT2D eigenvalue weighted by Gasteiger charge is -2.33. The number of hydrogen-bond acceptors (Lipinski definition) is 3. The Kier molecular flexibility index (Phi) is 9.97. The molecule has 2 amide bonds. The van der Waals surface area contributed by atoms with Gasteiger partial charge in [-0.15, -0.1) is 0 Å². The molecule has 1 N–H and O–H groups in total. The van der Waals surface area contributed by atoms with Crippen LogP contribution in [0.1, 0.15) is 68.6 Å². The summed E-state index contributed by atoms with van der Waals surface area (Å²) in [5, 5.41) is 3.28. The molecule has 1 saturated carbocycles. The van der Waals surface area contributed by atoms with Gasteiger partial charge in [-0.3, -0.25) is 9.59 Å². The second-order valence-corrected chi connectivity index (χ2v) is 10.5. The third kappa shape index (κ3) is 7.70. The van der Waals surface area contributed by atoms with Gasteiger partial charge in [0.1, 0.15) is 11.8 Å². The Bertz CT molecular complexity index is 1160. The first-order chi connectivity index (χ1) is 18.5. The van der Waals surface area contributed by atoms with Crippen molar-refractivity contribution in [3.05, 3.63) is 102 Å². The molecule has 0 spiro atoms. The van der Waals surface area contributed by atoms with Crippen LogP contribution in [0.2, 0.25) is 0 Å². The van der Waals surface area contributed by atoms with Gasteiger partial charge < -0.3 is 15.0 Å². The zero-order valence-corrected chi connectivity index (χ0v) is 22.6. The van der Waals surface area contributed by atoms with Crippen LogP contribution in [0.25, 0.3) is 0 Å². The highest BCUT2D eigenvalue weighted by Gasteiger charge is 2.32. The summed E-state index contributed by atoms with van der Waals surface area (Å²) in [6, 6.07) is 27.2. The van der Waals surface area contributed by atoms with E-state index in [1.165, 1.54) is 6.42 Å². The smallest absolute Gasteiger partial charge is 0.261 e. The van der Waals surface area contributed by atoms with E-state index in [0.717, 1.165) is 42.4 Å². The van der Waals surface area contributed by atoms with E-state index in [-0.39, 0.29) is 30.4 Å². The van der Waals surface area contributed by atoms with Crippen molar-refractivity contribution in [3.8, 4) is 5.75 Å². The Hall–Kier alpha value is -3.60. The molecule has 38 heavy (non-hydrogen) atoms. The molecule has 1 fully saturated rings. The Morgan fingerprint density at radius 3 is 2.11 bits per heavy atom. The zero-order chi connectivity index (χ0) is 26.7. The van der Waals surface area contributed by atoms with Crippen molar-refractivity contribution < 1.29 is 14.3 Å². The normalized spacial score (nSPS) is 14.6. The van der Waals surface area contributed by atoms with Crippen molar-refractivity contribution in [2.45, 2.75) is 76.9 Å². The minimum atomic E-state index is -0.643. The molecule has 0 saturated heterocycles. The largest absolute Gasteiger partial charge is 0.483 e. The highest BCUT2D eigenvalue weighted by molar-refractivity contribution is 5.88. The molecule has 5 nitrogen and oxygen atoms in total. The Morgan fingerprint density at radius 2 is 1.45 bits per heavy atom. The first-order valence-electron chi connectivity index (χ1n) is 13.9. The molecule has 0 bridgehead atoms. The molecule has 1 aliphatic rings. The second kappa shape index (κ2) is 13.8. The van der Waals surface area contributed by atoms with Gasteiger partial charge in [-0.25, -0.2) is 0 Å². The SMILES string of the molecule is CC(C)c1ccccc1OCC(=O)N(Cc1ccccc1)C(Cc1ccccc1)C(=O)NC1CCCCC1. The van der Waals surface area contributed by atoms with Gasteiger partial charge in [-0.1, -0.05) is 112 Å². The van der Waals surface area contributed by atoms with E-state index >= 15 is 0 Å². The van der Waals surface area contributed by atoms with Crippen molar-refractivity contribution in [2.75, 3.05) is 6.61 Å². The number of hydrogen-bond donors (Lipinski definition) is 1. The van der Waals surface area contributed by atoms with E-state index < -0.39 is 6.04 Å². The third-order valence-electron chi connectivity index (χ3n) is 7.31. The van der Waals surface area contributed by atoms with Gasteiger partial charge >= 0.3 is 0 Å². The van der Waals surface area contributed by atoms with E-state index in [9.17, 15) is 9.59 Å². The summed E-state index contributed by atoms with van der Waals surface area (Å²) < 4.78 is 6.09. The van der Waals surface area contributed by atoms with Gasteiger partial charge in [-0.2, -0.15) is 0 Å². The average molecular weight is 513 g/mol. The molecular formula is C33H40N2O3. The fourth-order valence-electron chi connectivity index (χ4n) is 5.19. The van der Waals surface area contributed by atoms with E-state index in [4.69, 9.17) is 4.74 Å². The Morgan fingerprint density at radius 1 is 0.842 bits per heavy atom. The lowest BCUT2D eigenvalue weighted by atomic mass is 9.94. The summed E-state index contributed by atoms with van der Waals surface area (Å²) in [6.45, 7) is 4.43. The number of carbonyl (C=O) groups is 2. The second-order valence-electron chi connectivity index (χ2n) is 10.5. The van der Waals surface area contributed by atoms with Gasteiger partial charge in [0.2, 0.25) is 5.91 Å². The summed E-state index contributed by atoms with van der Waals surface area (Å²) in [6.07, 6.45) is 5.90. The average Bonchev–Trinajstić information content (AvgIpc) is 2.95. The number of amides is 2. The van der Waals surface area contributed by atoms with E-state index in [1.54, 1.807) is 4.90 Å². The minimum Gasteiger partial charge on any atom is -0.483 e. The summed E-state index contributed by atoms with van der Waals surface area (Å²) in [5.41, 5.74) is 3.06. The molecule has 3 aromatic carbocycles. The molecule has 0 aromatic heterocycles. The van der Waals surface area contributed by atoms with Crippen LogP contribution in [0, 0.1) is 0 Å². The molecule has 200 valence electrons. The van der Waals surface area contributed by atoms with Crippen LogP contribution in [0.3, 0.4) is 0 Å². The van der Waals surface area contributed by atoms with Crippen LogP contribution in [0.15, 0.2) is 84.9 Å². The lowest BCUT2D eigenvalue weighted by Crippen LogP contribution is -2.53. The maximum absolute atomic E-state index is 13.9. The molecule has 0 aliphatic heterocycles. The highest BCUT2D eigenvalue weighted by Crippen LogP contribution is 2.26. The predicted molar refractivity (Wildman–Crippen MR) is 152 cm³/mol. The van der Waals surface area contributed by atoms with Gasteiger partial charge in [0.05, 0.1) is 0 Å². The number of benzene rings is 3. The predicted octanol–water partition coefficient (Wildman–Crippen LogP) is 6.28. The first kappa shape index (κ1) is 27.4. The molecular weight excluding hydrogens is 472 g/mol. The van der Waals surface area contributed by atoms with Crippen LogP contribution < -0.4 is 10.1 Å². The van der Waals surface area contributed by atoms with Crippen molar-refractivity contribution in [1.29, 1.82) is 0 Å². The Balaban J connectivity index is 1.60. The zero-order valence-electron chi connectivity index (χ0n) is 22.6. The number of ether oxygens (including phenoxy) is 1. The minimum absolute atomic E-state index is 0.0902. The number of nitrogens with zero attached hydrogens (tertiary/aromatic N) is 1. The quantitative estimate of drug-likeness (QED) is 0.329. The topological polar surface area (TPSA) is 58.6 Å². The summed E-state index contributed by atoms with van der Waals surface area (Å²) in [4.78, 5) is 29.4. The molecule has 0 heterocycles. The molecule has 3 aromatic rings. The molecule has 5 heteroatoms. The van der Waals surface area contributed by atoms with Gasteiger partial charge in [0, 0.05) is 19.0 Å². The summed E-state index contributed by atoms with van der Waals surface area (Å²) >= 11 is 0. The van der Waals surface area contributed by atoms with Gasteiger partial charge in [0.25, 0.3) is 5.91 Å². The molecule has 4 rings (SSSR count). The molecule has 1 unspecified atom stereocenters. The van der Waals surface area contributed by atoms with Crippen molar-refractivity contribution in [2.24, 2.45) is 0 Å². The van der Waals surface area contributed by atoms with Crippen LogP contribution >= 0.6 is 0 Å². The molecule has 1 aliphatic carbocycles. The number of nitrogens with one attached hydrogen (secondary N) is 1. The highest BCUT2D eigenvalue weighted by atomic mass is 16.5. The molecule has 1 atom stereocenters. The molecule has 0 radical (unpaired) electrons.